The van der Waals surface area contributed by atoms with Crippen LogP contribution in [0.4, 0.5) is 4.79 Å². The lowest BCUT2D eigenvalue weighted by Crippen LogP contribution is -2.53. The minimum Gasteiger partial charge on any atom is -0.508 e. The number of carbonyl (C=O) groups excluding carboxylic acids is 5. The smallest absolute Gasteiger partial charge is 0.408 e. The number of ether oxygens (including phenoxy) is 2. The zero-order valence-corrected chi connectivity index (χ0v) is 32.7. The lowest BCUT2D eigenvalue weighted by molar-refractivity contribution is -0.151. The predicted molar refractivity (Wildman–Crippen MR) is 207 cm³/mol. The monoisotopic (exact) mass is 749 g/mol. The second-order valence-corrected chi connectivity index (χ2v) is 16.1. The van der Waals surface area contributed by atoms with Crippen molar-refractivity contribution in [3.05, 3.63) is 89.0 Å². The average molecular weight is 750 g/mol. The fourth-order valence-corrected chi connectivity index (χ4v) is 6.38. The summed E-state index contributed by atoms with van der Waals surface area (Å²) in [6, 6.07) is 12.7. The van der Waals surface area contributed by atoms with Gasteiger partial charge >= 0.3 is 6.09 Å². The molecule has 0 heterocycles. The van der Waals surface area contributed by atoms with Gasteiger partial charge in [0.05, 0.1) is 13.0 Å². The quantitative estimate of drug-likeness (QED) is 0.103. The summed E-state index contributed by atoms with van der Waals surface area (Å²) in [7, 11) is 0. The van der Waals surface area contributed by atoms with E-state index in [-0.39, 0.29) is 60.7 Å². The van der Waals surface area contributed by atoms with Crippen molar-refractivity contribution in [1.82, 2.24) is 16.0 Å². The lowest BCUT2D eigenvalue weighted by atomic mass is 9.88. The van der Waals surface area contributed by atoms with Gasteiger partial charge in [0.25, 0.3) is 0 Å². The molecule has 288 valence electrons. The molecule has 3 amide bonds. The number of benzene rings is 2. The molecule has 0 aromatic heterocycles. The lowest BCUT2D eigenvalue weighted by Gasteiger charge is -2.31. The van der Waals surface area contributed by atoms with Crippen LogP contribution in [0.3, 0.4) is 0 Å². The number of alkyl carbamates (subject to hydrolysis) is 1. The molecule has 0 fully saturated rings. The highest BCUT2D eigenvalue weighted by Gasteiger charge is 2.34. The molecule has 0 saturated heterocycles. The van der Waals surface area contributed by atoms with Crippen molar-refractivity contribution >= 4 is 41.1 Å². The molecule has 0 spiro atoms. The highest BCUT2D eigenvalue weighted by molar-refractivity contribution is 8.13. The summed E-state index contributed by atoms with van der Waals surface area (Å²) in [5, 5.41) is 17.6. The van der Waals surface area contributed by atoms with Gasteiger partial charge in [-0.25, -0.2) is 4.79 Å². The molecule has 12 heteroatoms. The Morgan fingerprint density at radius 1 is 0.925 bits per heavy atom. The Labute approximate surface area is 317 Å². The van der Waals surface area contributed by atoms with Gasteiger partial charge in [0.15, 0.2) is 12.0 Å². The van der Waals surface area contributed by atoms with E-state index in [1.165, 1.54) is 12.1 Å². The van der Waals surface area contributed by atoms with Gasteiger partial charge in [-0.15, -0.1) is 0 Å². The zero-order valence-electron chi connectivity index (χ0n) is 31.9. The van der Waals surface area contributed by atoms with Crippen LogP contribution >= 0.6 is 11.8 Å². The molecule has 0 radical (unpaired) electrons. The molecule has 4 atom stereocenters. The van der Waals surface area contributed by atoms with E-state index in [1.54, 1.807) is 32.9 Å². The summed E-state index contributed by atoms with van der Waals surface area (Å²) in [6.07, 6.45) is 6.77. The molecule has 2 aromatic rings. The van der Waals surface area contributed by atoms with E-state index >= 15 is 0 Å². The Bertz CT molecular complexity index is 1610. The number of phenols is 1. The van der Waals surface area contributed by atoms with Gasteiger partial charge < -0.3 is 30.5 Å². The van der Waals surface area contributed by atoms with Crippen molar-refractivity contribution < 1.29 is 38.6 Å². The molecule has 3 rings (SSSR count). The number of aldehydes is 1. The standard InChI is InChI=1S/C41H55N3O8S/c1-27(2)23-41(26-45,51-25-32-12-10-31(11-13-32)22-37(48)42-24-33-9-8-28(3)29(4)20-33)44-36(47)18-19-53-38(49)35(43-39(50)52-40(5,6)7)21-30-14-16-34(46)17-15-30/h8-17,20,26-29,35,46H,18-19,21-25H2,1-7H3,(H,42,48)(H,43,50)(H,44,47). The highest BCUT2D eigenvalue weighted by Crippen LogP contribution is 2.23. The van der Waals surface area contributed by atoms with Crippen LogP contribution in [0.15, 0.2) is 72.3 Å². The van der Waals surface area contributed by atoms with Crippen molar-refractivity contribution in [2.24, 2.45) is 17.8 Å². The van der Waals surface area contributed by atoms with Crippen LogP contribution in [0.25, 0.3) is 0 Å². The Balaban J connectivity index is 1.54. The van der Waals surface area contributed by atoms with E-state index in [9.17, 15) is 29.1 Å². The normalized spacial score (nSPS) is 17.2. The van der Waals surface area contributed by atoms with Gasteiger partial charge in [-0.05, 0) is 72.9 Å². The number of allylic oxidation sites excluding steroid dienone is 2. The summed E-state index contributed by atoms with van der Waals surface area (Å²) in [4.78, 5) is 63.9. The second kappa shape index (κ2) is 20.1. The maximum atomic E-state index is 13.2. The summed E-state index contributed by atoms with van der Waals surface area (Å²) < 4.78 is 11.4. The summed E-state index contributed by atoms with van der Waals surface area (Å²) in [5.74, 6) is 0.525. The minimum atomic E-state index is -1.59. The van der Waals surface area contributed by atoms with Gasteiger partial charge in [0.1, 0.15) is 17.4 Å². The third-order valence-corrected chi connectivity index (χ3v) is 9.45. The van der Waals surface area contributed by atoms with Crippen LogP contribution in [-0.2, 0) is 48.1 Å². The summed E-state index contributed by atoms with van der Waals surface area (Å²) in [6.45, 7) is 13.8. The second-order valence-electron chi connectivity index (χ2n) is 15.0. The number of hydrogen-bond acceptors (Lipinski definition) is 9. The van der Waals surface area contributed by atoms with E-state index in [1.807, 2.05) is 38.1 Å². The molecule has 0 aliphatic heterocycles. The predicted octanol–water partition coefficient (Wildman–Crippen LogP) is 6.18. The number of nitrogens with one attached hydrogen (secondary N) is 3. The number of rotatable bonds is 18. The molecule has 11 nitrogen and oxygen atoms in total. The van der Waals surface area contributed by atoms with Crippen molar-refractivity contribution in [3.8, 4) is 5.75 Å². The minimum absolute atomic E-state index is 0.00315. The molecule has 53 heavy (non-hydrogen) atoms. The first-order chi connectivity index (χ1) is 25.0. The SMILES string of the molecule is CC(C)CC(C=O)(NC(=O)CCSC(=O)C(Cc1ccc(O)cc1)NC(=O)OC(C)(C)C)OCc1ccc(CC(=O)NCC2=CC(C)C(C)C=C2)cc1. The van der Waals surface area contributed by atoms with Gasteiger partial charge in [-0.1, -0.05) is 94.1 Å². The van der Waals surface area contributed by atoms with E-state index in [2.05, 4.69) is 48.0 Å². The molecular weight excluding hydrogens is 695 g/mol. The van der Waals surface area contributed by atoms with Crippen molar-refractivity contribution in [2.45, 2.75) is 98.1 Å². The van der Waals surface area contributed by atoms with Crippen LogP contribution < -0.4 is 16.0 Å². The van der Waals surface area contributed by atoms with Gasteiger partial charge in [0, 0.05) is 31.6 Å². The molecule has 1 aliphatic carbocycles. The number of carbonyl (C=O) groups is 5. The molecule has 4 N–H and O–H groups in total. The first-order valence-corrected chi connectivity index (χ1v) is 19.0. The number of thioether (sulfide) groups is 1. The van der Waals surface area contributed by atoms with E-state index in [0.717, 1.165) is 28.5 Å². The fraction of sp³-hybridized carbons (Fsp3) is 0.488. The number of hydrogen-bond donors (Lipinski definition) is 4. The molecule has 2 aromatic carbocycles. The van der Waals surface area contributed by atoms with Gasteiger partial charge in [-0.3, -0.25) is 19.2 Å². The largest absolute Gasteiger partial charge is 0.508 e. The van der Waals surface area contributed by atoms with Gasteiger partial charge in [-0.2, -0.15) is 0 Å². The van der Waals surface area contributed by atoms with E-state index in [0.29, 0.717) is 30.2 Å². The Hall–Kier alpha value is -4.42. The third kappa shape index (κ3) is 15.6. The molecule has 4 unspecified atom stereocenters. The maximum Gasteiger partial charge on any atom is 0.408 e. The van der Waals surface area contributed by atoms with Crippen molar-refractivity contribution in [2.75, 3.05) is 12.3 Å². The number of aromatic hydroxyl groups is 1. The molecule has 0 saturated carbocycles. The zero-order chi connectivity index (χ0) is 39.2. The maximum absolute atomic E-state index is 13.2. The molecule has 1 aliphatic rings. The van der Waals surface area contributed by atoms with Crippen LogP contribution in [0.1, 0.15) is 78.0 Å². The molecule has 0 bridgehead atoms. The highest BCUT2D eigenvalue weighted by atomic mass is 32.2. The average Bonchev–Trinajstić information content (AvgIpc) is 3.08. The van der Waals surface area contributed by atoms with E-state index in [4.69, 9.17) is 9.47 Å². The Morgan fingerprint density at radius 2 is 1.57 bits per heavy atom. The fourth-order valence-electron chi connectivity index (χ4n) is 5.55. The number of amides is 3. The van der Waals surface area contributed by atoms with Gasteiger partial charge in [0.2, 0.25) is 16.9 Å². The molecular formula is C41H55N3O8S. The van der Waals surface area contributed by atoms with Crippen LogP contribution in [-0.4, -0.2) is 64.1 Å². The first kappa shape index (κ1) is 43.0. The summed E-state index contributed by atoms with van der Waals surface area (Å²) in [5.41, 5.74) is 1.04. The van der Waals surface area contributed by atoms with Crippen LogP contribution in [0, 0.1) is 17.8 Å². The Kier molecular flexibility index (Phi) is 16.3. The van der Waals surface area contributed by atoms with Crippen LogP contribution in [0.2, 0.25) is 0 Å². The Morgan fingerprint density at radius 3 is 2.17 bits per heavy atom. The topological polar surface area (TPSA) is 160 Å². The first-order valence-electron chi connectivity index (χ1n) is 18.0. The van der Waals surface area contributed by atoms with Crippen molar-refractivity contribution in [1.29, 1.82) is 0 Å². The third-order valence-electron chi connectivity index (χ3n) is 8.47. The van der Waals surface area contributed by atoms with E-state index < -0.39 is 29.4 Å². The van der Waals surface area contributed by atoms with Crippen LogP contribution in [0.5, 0.6) is 5.75 Å². The van der Waals surface area contributed by atoms with Crippen molar-refractivity contribution in [3.63, 3.8) is 0 Å². The number of phenolic OH excluding ortho intramolecular Hbond substituents is 1. The summed E-state index contributed by atoms with van der Waals surface area (Å²) >= 11 is 0.886.